The summed E-state index contributed by atoms with van der Waals surface area (Å²) in [5.41, 5.74) is 0.194. The highest BCUT2D eigenvalue weighted by Gasteiger charge is 2.47. The first-order valence-electron chi connectivity index (χ1n) is 4.42. The van der Waals surface area contributed by atoms with Crippen molar-refractivity contribution in [2.24, 2.45) is 0 Å². The maximum Gasteiger partial charge on any atom is 0.0958 e. The van der Waals surface area contributed by atoms with E-state index in [1.807, 2.05) is 11.8 Å². The van der Waals surface area contributed by atoms with E-state index in [0.29, 0.717) is 6.10 Å². The topological polar surface area (TPSA) is 12.5 Å². The third kappa shape index (κ3) is 3.04. The highest BCUT2D eigenvalue weighted by molar-refractivity contribution is 7.99. The normalized spacial score (nSPS) is 27.0. The number of epoxide rings is 1. The molecule has 66 valence electrons. The molecule has 0 saturated carbocycles. The smallest absolute Gasteiger partial charge is 0.0958 e. The quantitative estimate of drug-likeness (QED) is 0.469. The molecule has 1 atom stereocenters. The van der Waals surface area contributed by atoms with E-state index in [4.69, 9.17) is 4.74 Å². The summed E-state index contributed by atoms with van der Waals surface area (Å²) in [6, 6.07) is 0. The van der Waals surface area contributed by atoms with Crippen molar-refractivity contribution in [1.29, 1.82) is 0 Å². The molecule has 0 amide bonds. The molecule has 0 aromatic heterocycles. The molecule has 11 heavy (non-hydrogen) atoms. The molecule has 1 aliphatic rings. The third-order valence-electron chi connectivity index (χ3n) is 2.08. The molecule has 1 heterocycles. The van der Waals surface area contributed by atoms with E-state index < -0.39 is 0 Å². The Kier molecular flexibility index (Phi) is 3.26. The SMILES string of the molecule is CCCCSCC1OC1(C)C. The fourth-order valence-corrected chi connectivity index (χ4v) is 2.35. The van der Waals surface area contributed by atoms with Gasteiger partial charge in [-0.25, -0.2) is 0 Å². The summed E-state index contributed by atoms with van der Waals surface area (Å²) < 4.78 is 5.46. The molecule has 0 N–H and O–H groups in total. The average Bonchev–Trinajstić information content (AvgIpc) is 2.52. The average molecular weight is 174 g/mol. The van der Waals surface area contributed by atoms with Crippen LogP contribution in [0.1, 0.15) is 33.6 Å². The van der Waals surface area contributed by atoms with E-state index >= 15 is 0 Å². The zero-order valence-corrected chi connectivity index (χ0v) is 8.54. The Labute approximate surface area is 73.9 Å². The summed E-state index contributed by atoms with van der Waals surface area (Å²) >= 11 is 2.03. The number of rotatable bonds is 5. The van der Waals surface area contributed by atoms with Gasteiger partial charge in [-0.3, -0.25) is 0 Å². The largest absolute Gasteiger partial charge is 0.366 e. The summed E-state index contributed by atoms with van der Waals surface area (Å²) in [5.74, 6) is 2.49. The van der Waals surface area contributed by atoms with E-state index in [9.17, 15) is 0 Å². The maximum atomic E-state index is 5.46. The van der Waals surface area contributed by atoms with Crippen LogP contribution in [0.3, 0.4) is 0 Å². The predicted molar refractivity (Wildman–Crippen MR) is 51.2 cm³/mol. The van der Waals surface area contributed by atoms with Crippen molar-refractivity contribution in [3.63, 3.8) is 0 Å². The molecule has 0 spiro atoms. The fourth-order valence-electron chi connectivity index (χ4n) is 1.00. The van der Waals surface area contributed by atoms with Gasteiger partial charge in [-0.15, -0.1) is 0 Å². The van der Waals surface area contributed by atoms with Crippen molar-refractivity contribution in [3.8, 4) is 0 Å². The summed E-state index contributed by atoms with van der Waals surface area (Å²) in [6.45, 7) is 6.56. The molecule has 0 bridgehead atoms. The number of thioether (sulfide) groups is 1. The van der Waals surface area contributed by atoms with Crippen LogP contribution < -0.4 is 0 Å². The van der Waals surface area contributed by atoms with Crippen molar-refractivity contribution in [3.05, 3.63) is 0 Å². The van der Waals surface area contributed by atoms with Crippen molar-refractivity contribution >= 4 is 11.8 Å². The first kappa shape index (κ1) is 9.40. The van der Waals surface area contributed by atoms with Gasteiger partial charge in [-0.1, -0.05) is 13.3 Å². The number of hydrogen-bond acceptors (Lipinski definition) is 2. The number of unbranched alkanes of at least 4 members (excludes halogenated alkanes) is 1. The van der Waals surface area contributed by atoms with Gasteiger partial charge in [0.1, 0.15) is 0 Å². The summed E-state index contributed by atoms with van der Waals surface area (Å²) in [5, 5.41) is 0. The summed E-state index contributed by atoms with van der Waals surface area (Å²) in [4.78, 5) is 0. The fraction of sp³-hybridized carbons (Fsp3) is 1.00. The van der Waals surface area contributed by atoms with Gasteiger partial charge in [0.2, 0.25) is 0 Å². The molecule has 1 unspecified atom stereocenters. The van der Waals surface area contributed by atoms with Crippen LogP contribution in [0.5, 0.6) is 0 Å². The first-order chi connectivity index (χ1) is 5.17. The molecule has 1 saturated heterocycles. The van der Waals surface area contributed by atoms with Gasteiger partial charge in [0.05, 0.1) is 11.7 Å². The Morgan fingerprint density at radius 3 is 2.55 bits per heavy atom. The van der Waals surface area contributed by atoms with Crippen molar-refractivity contribution < 1.29 is 4.74 Å². The second-order valence-corrected chi connectivity index (χ2v) is 4.79. The van der Waals surface area contributed by atoms with Gasteiger partial charge in [-0.05, 0) is 26.0 Å². The minimum Gasteiger partial charge on any atom is -0.366 e. The Morgan fingerprint density at radius 1 is 1.45 bits per heavy atom. The van der Waals surface area contributed by atoms with E-state index in [1.165, 1.54) is 24.3 Å². The lowest BCUT2D eigenvalue weighted by Gasteiger charge is -1.97. The minimum atomic E-state index is 0.194. The summed E-state index contributed by atoms with van der Waals surface area (Å²) in [7, 11) is 0. The van der Waals surface area contributed by atoms with Crippen LogP contribution >= 0.6 is 11.8 Å². The standard InChI is InChI=1S/C9H18OS/c1-4-5-6-11-7-8-9(2,3)10-8/h8H,4-7H2,1-3H3. The Balaban J connectivity index is 1.90. The molecule has 0 radical (unpaired) electrons. The Morgan fingerprint density at radius 2 is 2.09 bits per heavy atom. The van der Waals surface area contributed by atoms with Crippen molar-refractivity contribution in [2.75, 3.05) is 11.5 Å². The second kappa shape index (κ2) is 3.81. The van der Waals surface area contributed by atoms with Crippen LogP contribution in [0.4, 0.5) is 0 Å². The van der Waals surface area contributed by atoms with E-state index in [2.05, 4.69) is 20.8 Å². The predicted octanol–water partition coefficient (Wildman–Crippen LogP) is 2.70. The molecular weight excluding hydrogens is 156 g/mol. The lowest BCUT2D eigenvalue weighted by molar-refractivity contribution is 0.329. The highest BCUT2D eigenvalue weighted by Crippen LogP contribution is 2.37. The molecule has 0 aromatic carbocycles. The van der Waals surface area contributed by atoms with Crippen molar-refractivity contribution in [2.45, 2.75) is 45.3 Å². The molecule has 2 heteroatoms. The van der Waals surface area contributed by atoms with Gasteiger partial charge < -0.3 is 4.74 Å². The second-order valence-electron chi connectivity index (χ2n) is 3.64. The van der Waals surface area contributed by atoms with E-state index in [1.54, 1.807) is 0 Å². The van der Waals surface area contributed by atoms with E-state index in [0.717, 1.165) is 0 Å². The zero-order chi connectivity index (χ0) is 8.32. The van der Waals surface area contributed by atoms with Crippen LogP contribution in [0.15, 0.2) is 0 Å². The molecule has 1 nitrogen and oxygen atoms in total. The van der Waals surface area contributed by atoms with Gasteiger partial charge in [0, 0.05) is 5.75 Å². The van der Waals surface area contributed by atoms with Crippen LogP contribution in [-0.4, -0.2) is 23.2 Å². The monoisotopic (exact) mass is 174 g/mol. The van der Waals surface area contributed by atoms with Crippen LogP contribution in [0.25, 0.3) is 0 Å². The van der Waals surface area contributed by atoms with Gasteiger partial charge in [-0.2, -0.15) is 11.8 Å². The number of ether oxygens (including phenoxy) is 1. The molecule has 0 aliphatic carbocycles. The zero-order valence-electron chi connectivity index (χ0n) is 7.72. The van der Waals surface area contributed by atoms with Gasteiger partial charge in [0.25, 0.3) is 0 Å². The van der Waals surface area contributed by atoms with Crippen LogP contribution in [0.2, 0.25) is 0 Å². The molecular formula is C9H18OS. The minimum absolute atomic E-state index is 0.194. The van der Waals surface area contributed by atoms with Crippen molar-refractivity contribution in [1.82, 2.24) is 0 Å². The molecule has 0 aromatic rings. The van der Waals surface area contributed by atoms with Crippen LogP contribution in [-0.2, 0) is 4.74 Å². The van der Waals surface area contributed by atoms with Gasteiger partial charge >= 0.3 is 0 Å². The Hall–Kier alpha value is 0.310. The molecule has 1 aliphatic heterocycles. The molecule has 1 fully saturated rings. The third-order valence-corrected chi connectivity index (χ3v) is 3.19. The lowest BCUT2D eigenvalue weighted by atomic mass is 10.2. The first-order valence-corrected chi connectivity index (χ1v) is 5.58. The van der Waals surface area contributed by atoms with Gasteiger partial charge in [0.15, 0.2) is 0 Å². The Bertz CT molecular complexity index is 123. The maximum absolute atomic E-state index is 5.46. The summed E-state index contributed by atoms with van der Waals surface area (Å²) in [6.07, 6.45) is 3.18. The number of hydrogen-bond donors (Lipinski definition) is 0. The highest BCUT2D eigenvalue weighted by atomic mass is 32.2. The van der Waals surface area contributed by atoms with E-state index in [-0.39, 0.29) is 5.60 Å². The lowest BCUT2D eigenvalue weighted by Crippen LogP contribution is -2.05. The molecule has 1 rings (SSSR count). The van der Waals surface area contributed by atoms with Crippen LogP contribution in [0, 0.1) is 0 Å².